The van der Waals surface area contributed by atoms with Crippen LogP contribution in [-0.4, -0.2) is 67.7 Å². The van der Waals surface area contributed by atoms with Crippen LogP contribution in [0.15, 0.2) is 30.3 Å². The van der Waals surface area contributed by atoms with Crippen LogP contribution in [0.1, 0.15) is 11.6 Å². The highest BCUT2D eigenvalue weighted by molar-refractivity contribution is 5.81. The van der Waals surface area contributed by atoms with Crippen molar-refractivity contribution in [3.05, 3.63) is 35.9 Å². The number of carbonyl (C=O) groups excluding carboxylic acids is 1. The van der Waals surface area contributed by atoms with Crippen molar-refractivity contribution in [3.8, 4) is 0 Å². The molecule has 3 heterocycles. The number of nitrogens with one attached hydrogen (secondary N) is 2. The van der Waals surface area contributed by atoms with Crippen LogP contribution in [0.25, 0.3) is 0 Å². The fraction of sp³-hybridized carbons (Fsp3) is 0.588. The second kappa shape index (κ2) is 6.57. The van der Waals surface area contributed by atoms with E-state index in [4.69, 9.17) is 4.74 Å². The molecule has 23 heavy (non-hydrogen) atoms. The molecule has 3 aliphatic rings. The maximum atomic E-state index is 12.8. The van der Waals surface area contributed by atoms with Crippen LogP contribution in [0.5, 0.6) is 0 Å². The quantitative estimate of drug-likeness (QED) is 0.822. The maximum absolute atomic E-state index is 12.8. The van der Waals surface area contributed by atoms with Gasteiger partial charge in [-0.25, -0.2) is 5.43 Å². The molecule has 1 aromatic carbocycles. The summed E-state index contributed by atoms with van der Waals surface area (Å²) >= 11 is 0. The van der Waals surface area contributed by atoms with E-state index in [9.17, 15) is 4.79 Å². The molecule has 0 bridgehead atoms. The fourth-order valence-corrected chi connectivity index (χ4v) is 3.75. The number of likely N-dealkylation sites (tertiary alicyclic amines) is 1. The van der Waals surface area contributed by atoms with Crippen molar-refractivity contribution in [1.82, 2.24) is 20.7 Å². The van der Waals surface area contributed by atoms with Crippen LogP contribution in [0.2, 0.25) is 0 Å². The Morgan fingerprint density at radius 1 is 1.13 bits per heavy atom. The Morgan fingerprint density at radius 2 is 1.87 bits per heavy atom. The minimum atomic E-state index is -0.0250. The molecule has 6 heteroatoms. The molecule has 0 radical (unpaired) electrons. The van der Waals surface area contributed by atoms with Crippen LogP contribution >= 0.6 is 0 Å². The van der Waals surface area contributed by atoms with Gasteiger partial charge in [-0.1, -0.05) is 30.3 Å². The Bertz CT molecular complexity index is 541. The molecular weight excluding hydrogens is 292 g/mol. The number of ether oxygens (including phenoxy) is 1. The van der Waals surface area contributed by atoms with Gasteiger partial charge in [-0.2, -0.15) is 0 Å². The number of benzene rings is 1. The molecule has 2 unspecified atom stereocenters. The Morgan fingerprint density at radius 3 is 2.61 bits per heavy atom. The Hall–Kier alpha value is -1.47. The van der Waals surface area contributed by atoms with Crippen molar-refractivity contribution in [2.24, 2.45) is 5.92 Å². The molecule has 3 aliphatic heterocycles. The summed E-state index contributed by atoms with van der Waals surface area (Å²) in [6, 6.07) is 10.8. The van der Waals surface area contributed by atoms with Gasteiger partial charge in [0, 0.05) is 38.8 Å². The highest BCUT2D eigenvalue weighted by atomic mass is 16.5. The lowest BCUT2D eigenvalue weighted by atomic mass is 9.92. The molecule has 3 saturated heterocycles. The van der Waals surface area contributed by atoms with Gasteiger partial charge in [-0.3, -0.25) is 15.1 Å². The summed E-state index contributed by atoms with van der Waals surface area (Å²) in [4.78, 5) is 17.3. The molecule has 1 aromatic rings. The van der Waals surface area contributed by atoms with Crippen molar-refractivity contribution < 1.29 is 9.53 Å². The third-order valence-corrected chi connectivity index (χ3v) is 5.19. The average molecular weight is 316 g/mol. The summed E-state index contributed by atoms with van der Waals surface area (Å²) in [7, 11) is 0. The van der Waals surface area contributed by atoms with Gasteiger partial charge >= 0.3 is 0 Å². The van der Waals surface area contributed by atoms with E-state index in [2.05, 4.69) is 27.9 Å². The molecule has 2 N–H and O–H groups in total. The second-order valence-corrected chi connectivity index (χ2v) is 6.57. The summed E-state index contributed by atoms with van der Waals surface area (Å²) in [5.41, 5.74) is 7.58. The standard InChI is InChI=1S/C17H24N4O2/c22-17(21-11-14(12-21)20-6-8-23-9-7-20)15-10-18-19-16(15)13-4-2-1-3-5-13/h1-5,14-16,18-19H,6-12H2. The molecule has 1 amide bonds. The van der Waals surface area contributed by atoms with E-state index >= 15 is 0 Å². The Kier molecular flexibility index (Phi) is 4.31. The highest BCUT2D eigenvalue weighted by Gasteiger charge is 2.42. The van der Waals surface area contributed by atoms with Gasteiger partial charge in [0.1, 0.15) is 0 Å². The van der Waals surface area contributed by atoms with Crippen LogP contribution < -0.4 is 10.9 Å². The molecule has 2 atom stereocenters. The Labute approximate surface area is 136 Å². The number of morpholine rings is 1. The topological polar surface area (TPSA) is 56.8 Å². The van der Waals surface area contributed by atoms with E-state index in [1.165, 1.54) is 5.56 Å². The normalized spacial score (nSPS) is 29.5. The predicted octanol–water partition coefficient (Wildman–Crippen LogP) is -0.00530. The monoisotopic (exact) mass is 316 g/mol. The third kappa shape index (κ3) is 2.99. The van der Waals surface area contributed by atoms with E-state index < -0.39 is 0 Å². The summed E-state index contributed by atoms with van der Waals surface area (Å²) in [5.74, 6) is 0.240. The van der Waals surface area contributed by atoms with Gasteiger partial charge in [0.2, 0.25) is 5.91 Å². The van der Waals surface area contributed by atoms with Gasteiger partial charge in [-0.15, -0.1) is 0 Å². The first-order chi connectivity index (χ1) is 11.3. The molecule has 0 spiro atoms. The lowest BCUT2D eigenvalue weighted by Crippen LogP contribution is -2.64. The SMILES string of the molecule is O=C(C1CNNC1c1ccccc1)N1CC(N2CCOCC2)C1. The number of rotatable bonds is 3. The van der Waals surface area contributed by atoms with E-state index in [-0.39, 0.29) is 17.9 Å². The first kappa shape index (κ1) is 15.1. The highest BCUT2D eigenvalue weighted by Crippen LogP contribution is 2.28. The molecule has 124 valence electrons. The smallest absolute Gasteiger partial charge is 0.229 e. The van der Waals surface area contributed by atoms with Crippen molar-refractivity contribution in [1.29, 1.82) is 0 Å². The number of amides is 1. The molecule has 3 fully saturated rings. The zero-order valence-corrected chi connectivity index (χ0v) is 13.3. The van der Waals surface area contributed by atoms with Crippen molar-refractivity contribution in [3.63, 3.8) is 0 Å². The summed E-state index contributed by atoms with van der Waals surface area (Å²) in [5, 5.41) is 0. The van der Waals surface area contributed by atoms with E-state index in [1.807, 2.05) is 23.1 Å². The zero-order chi connectivity index (χ0) is 15.6. The summed E-state index contributed by atoms with van der Waals surface area (Å²) in [6.45, 7) is 6.02. The lowest BCUT2D eigenvalue weighted by Gasteiger charge is -2.47. The summed E-state index contributed by atoms with van der Waals surface area (Å²) < 4.78 is 5.40. The zero-order valence-electron chi connectivity index (χ0n) is 13.3. The van der Waals surface area contributed by atoms with Gasteiger partial charge in [0.05, 0.1) is 25.2 Å². The van der Waals surface area contributed by atoms with Crippen molar-refractivity contribution in [2.75, 3.05) is 45.9 Å². The second-order valence-electron chi connectivity index (χ2n) is 6.57. The third-order valence-electron chi connectivity index (χ3n) is 5.19. The van der Waals surface area contributed by atoms with Crippen LogP contribution in [0.3, 0.4) is 0 Å². The maximum Gasteiger partial charge on any atom is 0.229 e. The molecule has 4 rings (SSSR count). The van der Waals surface area contributed by atoms with Crippen LogP contribution in [-0.2, 0) is 9.53 Å². The molecular formula is C17H24N4O2. The van der Waals surface area contributed by atoms with Crippen molar-refractivity contribution in [2.45, 2.75) is 12.1 Å². The minimum absolute atomic E-state index is 0.0250. The first-order valence-corrected chi connectivity index (χ1v) is 8.47. The van der Waals surface area contributed by atoms with E-state index in [1.54, 1.807) is 0 Å². The van der Waals surface area contributed by atoms with Gasteiger partial charge in [0.15, 0.2) is 0 Å². The van der Waals surface area contributed by atoms with Gasteiger partial charge in [-0.05, 0) is 5.56 Å². The van der Waals surface area contributed by atoms with E-state index in [0.717, 1.165) is 39.4 Å². The van der Waals surface area contributed by atoms with E-state index in [0.29, 0.717) is 12.6 Å². The fourth-order valence-electron chi connectivity index (χ4n) is 3.75. The summed E-state index contributed by atoms with van der Waals surface area (Å²) in [6.07, 6.45) is 0. The van der Waals surface area contributed by atoms with Crippen LogP contribution in [0.4, 0.5) is 0 Å². The predicted molar refractivity (Wildman–Crippen MR) is 86.6 cm³/mol. The van der Waals surface area contributed by atoms with Gasteiger partial charge in [0.25, 0.3) is 0 Å². The molecule has 0 aliphatic carbocycles. The van der Waals surface area contributed by atoms with Crippen molar-refractivity contribution >= 4 is 5.91 Å². The number of hydrogen-bond acceptors (Lipinski definition) is 5. The first-order valence-electron chi connectivity index (χ1n) is 8.47. The van der Waals surface area contributed by atoms with Crippen LogP contribution in [0, 0.1) is 5.92 Å². The molecule has 6 nitrogen and oxygen atoms in total. The number of nitrogens with zero attached hydrogens (tertiary/aromatic N) is 2. The lowest BCUT2D eigenvalue weighted by molar-refractivity contribution is -0.144. The van der Waals surface area contributed by atoms with Gasteiger partial charge < -0.3 is 9.64 Å². The molecule has 0 aromatic heterocycles. The molecule has 0 saturated carbocycles. The number of hydrazine groups is 1. The average Bonchev–Trinajstić information content (AvgIpc) is 3.05. The minimum Gasteiger partial charge on any atom is -0.379 e. The number of carbonyl (C=O) groups is 1. The Balaban J connectivity index is 1.36. The largest absolute Gasteiger partial charge is 0.379 e. The number of hydrogen-bond donors (Lipinski definition) is 2.